The summed E-state index contributed by atoms with van der Waals surface area (Å²) in [6.45, 7) is 5.61. The van der Waals surface area contributed by atoms with E-state index in [9.17, 15) is 14.4 Å². The SMILES string of the molecule is CC(C)(C)C(=O)NCc1ccc(C(=O)COC(=O)c2ccc3[nH]c4c(c3c2)CCCC4)s1. The van der Waals surface area contributed by atoms with Crippen molar-refractivity contribution in [3.63, 3.8) is 0 Å². The number of ketones is 1. The molecule has 0 spiro atoms. The number of carbonyl (C=O) groups excluding carboxylic acids is 3. The highest BCUT2D eigenvalue weighted by molar-refractivity contribution is 7.14. The van der Waals surface area contributed by atoms with Gasteiger partial charge in [0.25, 0.3) is 0 Å². The summed E-state index contributed by atoms with van der Waals surface area (Å²) in [5.74, 6) is -0.801. The highest BCUT2D eigenvalue weighted by Gasteiger charge is 2.21. The summed E-state index contributed by atoms with van der Waals surface area (Å²) < 4.78 is 5.30. The molecule has 168 valence electrons. The van der Waals surface area contributed by atoms with Gasteiger partial charge in [-0.2, -0.15) is 0 Å². The number of hydrogen-bond acceptors (Lipinski definition) is 5. The zero-order valence-corrected chi connectivity index (χ0v) is 19.5. The minimum absolute atomic E-state index is 0.0478. The van der Waals surface area contributed by atoms with Crippen molar-refractivity contribution in [2.75, 3.05) is 6.61 Å². The van der Waals surface area contributed by atoms with Gasteiger partial charge in [-0.25, -0.2) is 4.79 Å². The number of aromatic amines is 1. The highest BCUT2D eigenvalue weighted by Crippen LogP contribution is 2.30. The summed E-state index contributed by atoms with van der Waals surface area (Å²) in [6.07, 6.45) is 4.40. The third-order valence-electron chi connectivity index (χ3n) is 5.71. The molecule has 7 heteroatoms. The summed E-state index contributed by atoms with van der Waals surface area (Å²) in [6, 6.07) is 9.02. The Morgan fingerprint density at radius 3 is 2.66 bits per heavy atom. The largest absolute Gasteiger partial charge is 0.454 e. The molecule has 6 nitrogen and oxygen atoms in total. The quantitative estimate of drug-likeness (QED) is 0.415. The van der Waals surface area contributed by atoms with Crippen molar-refractivity contribution in [3.8, 4) is 0 Å². The van der Waals surface area contributed by atoms with Gasteiger partial charge in [-0.15, -0.1) is 11.3 Å². The molecule has 2 heterocycles. The van der Waals surface area contributed by atoms with Crippen LogP contribution in [0.25, 0.3) is 10.9 Å². The molecule has 1 aromatic carbocycles. The monoisotopic (exact) mass is 452 g/mol. The maximum Gasteiger partial charge on any atom is 0.338 e. The summed E-state index contributed by atoms with van der Waals surface area (Å²) in [4.78, 5) is 41.9. The van der Waals surface area contributed by atoms with Crippen LogP contribution in [0.5, 0.6) is 0 Å². The molecule has 0 aliphatic heterocycles. The first kappa shape index (κ1) is 22.3. The topological polar surface area (TPSA) is 88.3 Å². The van der Waals surface area contributed by atoms with E-state index in [0.717, 1.165) is 35.0 Å². The Kier molecular flexibility index (Phi) is 6.20. The summed E-state index contributed by atoms with van der Waals surface area (Å²) >= 11 is 1.30. The maximum atomic E-state index is 12.6. The molecule has 2 aromatic heterocycles. The summed E-state index contributed by atoms with van der Waals surface area (Å²) in [5.41, 5.74) is 3.58. The predicted octanol–water partition coefficient (Wildman–Crippen LogP) is 4.81. The van der Waals surface area contributed by atoms with Crippen molar-refractivity contribution >= 4 is 39.9 Å². The van der Waals surface area contributed by atoms with Crippen LogP contribution in [0.3, 0.4) is 0 Å². The van der Waals surface area contributed by atoms with Crippen LogP contribution in [-0.4, -0.2) is 29.3 Å². The van der Waals surface area contributed by atoms with Crippen LogP contribution in [-0.2, 0) is 28.9 Å². The van der Waals surface area contributed by atoms with Crippen LogP contribution in [0.1, 0.15) is 69.8 Å². The van der Waals surface area contributed by atoms with Gasteiger partial charge < -0.3 is 15.0 Å². The fraction of sp³-hybridized carbons (Fsp3) is 0.400. The number of aromatic nitrogens is 1. The lowest BCUT2D eigenvalue weighted by Gasteiger charge is -2.17. The Labute approximate surface area is 191 Å². The van der Waals surface area contributed by atoms with Gasteiger partial charge in [0.05, 0.1) is 17.0 Å². The van der Waals surface area contributed by atoms with E-state index in [2.05, 4.69) is 10.3 Å². The predicted molar refractivity (Wildman–Crippen MR) is 125 cm³/mol. The third-order valence-corrected chi connectivity index (χ3v) is 6.84. The van der Waals surface area contributed by atoms with Gasteiger partial charge in [-0.1, -0.05) is 20.8 Å². The van der Waals surface area contributed by atoms with Crippen molar-refractivity contribution in [3.05, 3.63) is 56.9 Å². The molecule has 0 radical (unpaired) electrons. The van der Waals surface area contributed by atoms with E-state index in [4.69, 9.17) is 4.74 Å². The lowest BCUT2D eigenvalue weighted by Crippen LogP contribution is -2.34. The number of hydrogen-bond donors (Lipinski definition) is 2. The molecule has 3 aromatic rings. The van der Waals surface area contributed by atoms with Crippen molar-refractivity contribution in [2.24, 2.45) is 5.41 Å². The molecule has 0 unspecified atom stereocenters. The number of amides is 1. The van der Waals surface area contributed by atoms with Gasteiger partial charge in [0.15, 0.2) is 6.61 Å². The van der Waals surface area contributed by atoms with E-state index in [0.29, 0.717) is 17.0 Å². The fourth-order valence-corrected chi connectivity index (χ4v) is 4.75. The van der Waals surface area contributed by atoms with E-state index in [1.54, 1.807) is 12.1 Å². The first-order valence-corrected chi connectivity index (χ1v) is 11.7. The summed E-state index contributed by atoms with van der Waals surface area (Å²) in [5, 5.41) is 3.94. The van der Waals surface area contributed by atoms with Gasteiger partial charge >= 0.3 is 5.97 Å². The van der Waals surface area contributed by atoms with Crippen LogP contribution in [0, 0.1) is 5.41 Å². The van der Waals surface area contributed by atoms with E-state index < -0.39 is 11.4 Å². The van der Waals surface area contributed by atoms with Crippen LogP contribution < -0.4 is 5.32 Å². The standard InChI is InChI=1S/C25H28N2O4S/c1-25(2,3)24(30)26-13-16-9-11-22(32-16)21(28)14-31-23(29)15-8-10-20-18(12-15)17-6-4-5-7-19(17)27-20/h8-12,27H,4-7,13-14H2,1-3H3,(H,26,30). The van der Waals surface area contributed by atoms with Crippen LogP contribution in [0.2, 0.25) is 0 Å². The number of aryl methyl sites for hydroxylation is 2. The minimum atomic E-state index is -0.500. The molecule has 32 heavy (non-hydrogen) atoms. The molecule has 4 rings (SSSR count). The molecule has 0 saturated carbocycles. The van der Waals surface area contributed by atoms with Gasteiger partial charge in [0.1, 0.15) is 0 Å². The number of nitrogens with one attached hydrogen (secondary N) is 2. The van der Waals surface area contributed by atoms with Gasteiger partial charge in [0, 0.05) is 26.9 Å². The Morgan fingerprint density at radius 1 is 1.09 bits per heavy atom. The fourth-order valence-electron chi connectivity index (χ4n) is 3.87. The molecule has 1 aliphatic carbocycles. The second-order valence-corrected chi connectivity index (χ2v) is 10.4. The lowest BCUT2D eigenvalue weighted by atomic mass is 9.95. The van der Waals surface area contributed by atoms with E-state index >= 15 is 0 Å². The Balaban J connectivity index is 1.35. The second-order valence-electron chi connectivity index (χ2n) is 9.25. The number of rotatable bonds is 6. The number of benzene rings is 1. The number of esters is 1. The van der Waals surface area contributed by atoms with Gasteiger partial charge in [0.2, 0.25) is 11.7 Å². The zero-order valence-electron chi connectivity index (χ0n) is 18.7. The Morgan fingerprint density at radius 2 is 1.88 bits per heavy atom. The van der Waals surface area contributed by atoms with Gasteiger partial charge in [-0.05, 0) is 61.6 Å². The molecule has 1 aliphatic rings. The van der Waals surface area contributed by atoms with Crippen LogP contribution >= 0.6 is 11.3 Å². The second kappa shape index (κ2) is 8.90. The number of Topliss-reactive ketones (excluding diaryl/α,β-unsaturated/α-hetero) is 1. The minimum Gasteiger partial charge on any atom is -0.454 e. The first-order chi connectivity index (χ1) is 15.2. The molecule has 2 N–H and O–H groups in total. The van der Waals surface area contributed by atoms with Crippen molar-refractivity contribution in [1.29, 1.82) is 0 Å². The van der Waals surface area contributed by atoms with Crippen LogP contribution in [0.4, 0.5) is 0 Å². The summed E-state index contributed by atoms with van der Waals surface area (Å²) in [7, 11) is 0. The normalized spacial score (nSPS) is 13.6. The number of carbonyl (C=O) groups is 3. The van der Waals surface area contributed by atoms with Crippen molar-refractivity contribution in [2.45, 2.75) is 53.0 Å². The third kappa shape index (κ3) is 4.78. The first-order valence-electron chi connectivity index (χ1n) is 10.9. The number of fused-ring (bicyclic) bond motifs is 3. The van der Waals surface area contributed by atoms with Crippen molar-refractivity contribution in [1.82, 2.24) is 10.3 Å². The molecule has 1 amide bonds. The highest BCUT2D eigenvalue weighted by atomic mass is 32.1. The molecule has 0 saturated heterocycles. The van der Waals surface area contributed by atoms with E-state index in [1.165, 1.54) is 29.0 Å². The van der Waals surface area contributed by atoms with Crippen molar-refractivity contribution < 1.29 is 19.1 Å². The molecular formula is C25H28N2O4S. The number of ether oxygens (including phenoxy) is 1. The number of H-pyrrole nitrogens is 1. The number of thiophene rings is 1. The molecule has 0 bridgehead atoms. The van der Waals surface area contributed by atoms with E-state index in [1.807, 2.05) is 39.0 Å². The lowest BCUT2D eigenvalue weighted by molar-refractivity contribution is -0.128. The molecular weight excluding hydrogens is 424 g/mol. The maximum absolute atomic E-state index is 12.6. The van der Waals surface area contributed by atoms with Gasteiger partial charge in [-0.3, -0.25) is 9.59 Å². The van der Waals surface area contributed by atoms with Crippen LogP contribution in [0.15, 0.2) is 30.3 Å². The smallest absolute Gasteiger partial charge is 0.338 e. The zero-order chi connectivity index (χ0) is 22.9. The van der Waals surface area contributed by atoms with E-state index in [-0.39, 0.29) is 18.3 Å². The average Bonchev–Trinajstić information content (AvgIpc) is 3.39. The molecule has 0 atom stereocenters. The Hall–Kier alpha value is -2.93. The average molecular weight is 453 g/mol. The Bertz CT molecular complexity index is 1180. The molecule has 0 fully saturated rings.